The summed E-state index contributed by atoms with van der Waals surface area (Å²) in [5.41, 5.74) is 10.5. The number of aryl methyl sites for hydroxylation is 1. The molecule has 2 N–H and O–H groups in total. The monoisotopic (exact) mass is 283 g/mol. The van der Waals surface area contributed by atoms with Crippen LogP contribution in [0.25, 0.3) is 0 Å². The second-order valence-electron chi connectivity index (χ2n) is 6.56. The van der Waals surface area contributed by atoms with E-state index in [-0.39, 0.29) is 5.41 Å². The first-order chi connectivity index (χ1) is 9.90. The van der Waals surface area contributed by atoms with Gasteiger partial charge in [0, 0.05) is 6.54 Å². The largest absolute Gasteiger partial charge is 0.489 e. The minimum Gasteiger partial charge on any atom is -0.489 e. The van der Waals surface area contributed by atoms with Crippen molar-refractivity contribution in [1.29, 1.82) is 0 Å². The Labute approximate surface area is 127 Å². The summed E-state index contributed by atoms with van der Waals surface area (Å²) in [6.07, 6.45) is 0. The zero-order chi connectivity index (χ0) is 15.5. The lowest BCUT2D eigenvalue weighted by atomic mass is 9.85. The fourth-order valence-electron chi connectivity index (χ4n) is 2.29. The van der Waals surface area contributed by atoms with Crippen molar-refractivity contribution < 1.29 is 4.74 Å². The molecule has 0 aliphatic rings. The van der Waals surface area contributed by atoms with Crippen LogP contribution in [0.3, 0.4) is 0 Å². The van der Waals surface area contributed by atoms with Gasteiger partial charge in [-0.2, -0.15) is 0 Å². The highest BCUT2D eigenvalue weighted by Gasteiger charge is 2.19. The van der Waals surface area contributed by atoms with E-state index in [1.54, 1.807) is 0 Å². The van der Waals surface area contributed by atoms with Gasteiger partial charge < -0.3 is 10.5 Å². The average Bonchev–Trinajstić information content (AvgIpc) is 2.45. The van der Waals surface area contributed by atoms with Crippen LogP contribution in [-0.4, -0.2) is 0 Å². The van der Waals surface area contributed by atoms with Crippen LogP contribution in [0, 0.1) is 6.92 Å². The van der Waals surface area contributed by atoms with Crippen LogP contribution in [0.2, 0.25) is 0 Å². The van der Waals surface area contributed by atoms with Gasteiger partial charge in [0.15, 0.2) is 0 Å². The predicted octanol–water partition coefficient (Wildman–Crippen LogP) is 4.33. The van der Waals surface area contributed by atoms with Gasteiger partial charge >= 0.3 is 0 Å². The van der Waals surface area contributed by atoms with Crippen molar-refractivity contribution in [2.45, 2.75) is 46.3 Å². The van der Waals surface area contributed by atoms with Crippen LogP contribution in [0.5, 0.6) is 5.75 Å². The van der Waals surface area contributed by atoms with E-state index in [1.165, 1.54) is 11.1 Å². The van der Waals surface area contributed by atoms with Crippen LogP contribution in [0.1, 0.15) is 43.0 Å². The molecule has 0 aliphatic heterocycles. The van der Waals surface area contributed by atoms with Crippen molar-refractivity contribution in [3.63, 3.8) is 0 Å². The molecule has 0 aliphatic carbocycles. The lowest BCUT2D eigenvalue weighted by Gasteiger charge is -2.23. The second kappa shape index (κ2) is 6.31. The first-order valence-electron chi connectivity index (χ1n) is 7.42. The zero-order valence-corrected chi connectivity index (χ0v) is 13.4. The van der Waals surface area contributed by atoms with Crippen molar-refractivity contribution in [3.05, 3.63) is 64.7 Å². The second-order valence-corrected chi connectivity index (χ2v) is 6.56. The van der Waals surface area contributed by atoms with Crippen molar-refractivity contribution in [3.8, 4) is 5.75 Å². The zero-order valence-electron chi connectivity index (χ0n) is 13.4. The summed E-state index contributed by atoms with van der Waals surface area (Å²) < 4.78 is 6.05. The Hall–Kier alpha value is -1.80. The van der Waals surface area contributed by atoms with Gasteiger partial charge in [0.25, 0.3) is 0 Å². The molecule has 2 aromatic carbocycles. The fraction of sp³-hybridized carbons (Fsp3) is 0.368. The quantitative estimate of drug-likeness (QED) is 0.906. The maximum Gasteiger partial charge on any atom is 0.123 e. The van der Waals surface area contributed by atoms with E-state index in [0.29, 0.717) is 13.2 Å². The molecule has 2 heteroatoms. The Morgan fingerprint density at radius 1 is 0.952 bits per heavy atom. The molecule has 2 nitrogen and oxygen atoms in total. The van der Waals surface area contributed by atoms with Crippen molar-refractivity contribution >= 4 is 0 Å². The molecule has 0 radical (unpaired) electrons. The molecule has 0 saturated heterocycles. The third kappa shape index (κ3) is 4.08. The van der Waals surface area contributed by atoms with Gasteiger partial charge in [-0.25, -0.2) is 0 Å². The van der Waals surface area contributed by atoms with Gasteiger partial charge in [0.1, 0.15) is 12.4 Å². The van der Waals surface area contributed by atoms with E-state index in [0.717, 1.165) is 16.9 Å². The first kappa shape index (κ1) is 15.6. The maximum atomic E-state index is 6.05. The van der Waals surface area contributed by atoms with Crippen LogP contribution in [0.4, 0.5) is 0 Å². The summed E-state index contributed by atoms with van der Waals surface area (Å²) in [4.78, 5) is 0. The Bertz CT molecular complexity index is 594. The van der Waals surface area contributed by atoms with Gasteiger partial charge in [0.2, 0.25) is 0 Å². The summed E-state index contributed by atoms with van der Waals surface area (Å²) in [7, 11) is 0. The van der Waals surface area contributed by atoms with Crippen molar-refractivity contribution in [2.24, 2.45) is 5.73 Å². The first-order valence-corrected chi connectivity index (χ1v) is 7.42. The van der Waals surface area contributed by atoms with E-state index in [1.807, 2.05) is 0 Å². The van der Waals surface area contributed by atoms with Crippen LogP contribution >= 0.6 is 0 Å². The molecule has 0 aromatic heterocycles. The molecule has 0 spiro atoms. The van der Waals surface area contributed by atoms with E-state index in [4.69, 9.17) is 10.5 Å². The number of rotatable bonds is 4. The third-order valence-electron chi connectivity index (χ3n) is 3.60. The minimum atomic E-state index is 0.0742. The average molecular weight is 283 g/mol. The Morgan fingerprint density at radius 3 is 2.14 bits per heavy atom. The predicted molar refractivity (Wildman–Crippen MR) is 88.5 cm³/mol. The maximum absolute atomic E-state index is 6.05. The summed E-state index contributed by atoms with van der Waals surface area (Å²) in [5.74, 6) is 0.969. The molecule has 0 heterocycles. The lowest BCUT2D eigenvalue weighted by Crippen LogP contribution is -2.13. The van der Waals surface area contributed by atoms with Crippen molar-refractivity contribution in [1.82, 2.24) is 0 Å². The molecule has 2 aromatic rings. The fourth-order valence-corrected chi connectivity index (χ4v) is 2.29. The third-order valence-corrected chi connectivity index (χ3v) is 3.60. The minimum absolute atomic E-state index is 0.0742. The van der Waals surface area contributed by atoms with Crippen LogP contribution in [-0.2, 0) is 18.6 Å². The highest BCUT2D eigenvalue weighted by atomic mass is 16.5. The molecule has 0 fully saturated rings. The van der Waals surface area contributed by atoms with E-state index in [9.17, 15) is 0 Å². The summed E-state index contributed by atoms with van der Waals surface area (Å²) in [6, 6.07) is 14.6. The number of hydrogen-bond acceptors (Lipinski definition) is 2. The Kier molecular flexibility index (Phi) is 4.69. The molecule has 112 valence electrons. The molecule has 0 atom stereocenters. The highest BCUT2D eigenvalue weighted by molar-refractivity contribution is 5.41. The van der Waals surface area contributed by atoms with E-state index < -0.39 is 0 Å². The van der Waals surface area contributed by atoms with Gasteiger partial charge in [0.05, 0.1) is 0 Å². The number of hydrogen-bond donors (Lipinski definition) is 1. The number of benzene rings is 2. The van der Waals surface area contributed by atoms with Gasteiger partial charge in [-0.15, -0.1) is 0 Å². The van der Waals surface area contributed by atoms with Crippen LogP contribution < -0.4 is 10.5 Å². The van der Waals surface area contributed by atoms with Gasteiger partial charge in [-0.05, 0) is 35.1 Å². The van der Waals surface area contributed by atoms with Crippen LogP contribution in [0.15, 0.2) is 42.5 Å². The smallest absolute Gasteiger partial charge is 0.123 e. The van der Waals surface area contributed by atoms with Gasteiger partial charge in [-0.1, -0.05) is 62.7 Å². The highest BCUT2D eigenvalue weighted by Crippen LogP contribution is 2.32. The van der Waals surface area contributed by atoms with E-state index >= 15 is 0 Å². The SMILES string of the molecule is Cc1ccc(OCc2ccc(CN)cc2)c(C(C)(C)C)c1. The molecule has 21 heavy (non-hydrogen) atoms. The summed E-state index contributed by atoms with van der Waals surface area (Å²) in [5, 5.41) is 0. The normalized spacial score (nSPS) is 11.5. The Morgan fingerprint density at radius 2 is 1.57 bits per heavy atom. The lowest BCUT2D eigenvalue weighted by molar-refractivity contribution is 0.297. The molecule has 0 unspecified atom stereocenters. The van der Waals surface area contributed by atoms with Crippen molar-refractivity contribution in [2.75, 3.05) is 0 Å². The summed E-state index contributed by atoms with van der Waals surface area (Å²) >= 11 is 0. The molecule has 0 saturated carbocycles. The van der Waals surface area contributed by atoms with E-state index in [2.05, 4.69) is 70.2 Å². The molecule has 0 amide bonds. The standard InChI is InChI=1S/C19H25NO/c1-14-5-10-18(17(11-14)19(2,3)4)21-13-16-8-6-15(12-20)7-9-16/h5-11H,12-13,20H2,1-4H3. The molecular formula is C19H25NO. The Balaban J connectivity index is 2.15. The molecule has 2 rings (SSSR count). The molecule has 0 bridgehead atoms. The molecular weight excluding hydrogens is 258 g/mol. The topological polar surface area (TPSA) is 35.2 Å². The number of ether oxygens (including phenoxy) is 1. The number of nitrogens with two attached hydrogens (primary N) is 1. The van der Waals surface area contributed by atoms with Gasteiger partial charge in [-0.3, -0.25) is 0 Å². The summed E-state index contributed by atoms with van der Waals surface area (Å²) in [6.45, 7) is 9.91.